The second kappa shape index (κ2) is 11.2. The molecule has 2 aliphatic rings. The van der Waals surface area contributed by atoms with Crippen LogP contribution in [0.4, 0.5) is 4.79 Å². The van der Waals surface area contributed by atoms with Gasteiger partial charge in [-0.05, 0) is 46.5 Å². The van der Waals surface area contributed by atoms with E-state index < -0.39 is 22.8 Å². The van der Waals surface area contributed by atoms with Crippen molar-refractivity contribution in [2.75, 3.05) is 7.11 Å². The lowest BCUT2D eigenvalue weighted by Gasteiger charge is -2.40. The van der Waals surface area contributed by atoms with Crippen molar-refractivity contribution in [1.29, 1.82) is 0 Å². The quantitative estimate of drug-likeness (QED) is 0.617. The zero-order valence-electron chi connectivity index (χ0n) is 19.9. The standard InChI is InChI=1S/C24H42N2O5/c1-22(2,3)31-21(29)26-23(15-11-7-5-8-12-16-23)19(27)25-24(20(28)30-4)17-13-9-6-10-14-18-24/h5-18H2,1-4H3,(H,25,27)(H,26,29). The number of carbonyl (C=O) groups is 3. The number of nitrogens with one attached hydrogen (secondary N) is 2. The third kappa shape index (κ3) is 7.39. The van der Waals surface area contributed by atoms with Gasteiger partial charge in [0, 0.05) is 0 Å². The molecule has 0 heterocycles. The zero-order valence-corrected chi connectivity index (χ0v) is 19.9. The summed E-state index contributed by atoms with van der Waals surface area (Å²) < 4.78 is 10.6. The molecule has 178 valence electrons. The summed E-state index contributed by atoms with van der Waals surface area (Å²) in [6, 6.07) is 0. The Morgan fingerprint density at radius 3 is 1.52 bits per heavy atom. The van der Waals surface area contributed by atoms with Gasteiger partial charge in [0.25, 0.3) is 0 Å². The van der Waals surface area contributed by atoms with Crippen molar-refractivity contribution in [3.05, 3.63) is 0 Å². The van der Waals surface area contributed by atoms with Crippen molar-refractivity contribution < 1.29 is 23.9 Å². The summed E-state index contributed by atoms with van der Waals surface area (Å²) >= 11 is 0. The van der Waals surface area contributed by atoms with E-state index in [0.29, 0.717) is 25.7 Å². The Bertz CT molecular complexity index is 610. The number of hydrogen-bond acceptors (Lipinski definition) is 5. The van der Waals surface area contributed by atoms with Crippen molar-refractivity contribution in [1.82, 2.24) is 10.6 Å². The van der Waals surface area contributed by atoms with Gasteiger partial charge in [0.05, 0.1) is 7.11 Å². The minimum absolute atomic E-state index is 0.286. The topological polar surface area (TPSA) is 93.7 Å². The molecule has 2 N–H and O–H groups in total. The summed E-state index contributed by atoms with van der Waals surface area (Å²) in [5, 5.41) is 6.02. The van der Waals surface area contributed by atoms with E-state index in [1.54, 1.807) is 20.8 Å². The molecular weight excluding hydrogens is 396 g/mol. The van der Waals surface area contributed by atoms with E-state index >= 15 is 0 Å². The first-order valence-corrected chi connectivity index (χ1v) is 12.0. The van der Waals surface area contributed by atoms with Crippen LogP contribution in [0.15, 0.2) is 0 Å². The molecule has 0 bridgehead atoms. The van der Waals surface area contributed by atoms with Gasteiger partial charge < -0.3 is 20.1 Å². The second-order valence-electron chi connectivity index (χ2n) is 10.3. The van der Waals surface area contributed by atoms with Crippen LogP contribution in [0.2, 0.25) is 0 Å². The number of rotatable bonds is 4. The Balaban J connectivity index is 2.30. The van der Waals surface area contributed by atoms with Gasteiger partial charge in [-0.3, -0.25) is 4.79 Å². The molecular formula is C24H42N2O5. The predicted octanol–water partition coefficient (Wildman–Crippen LogP) is 4.77. The van der Waals surface area contributed by atoms with E-state index in [9.17, 15) is 14.4 Å². The van der Waals surface area contributed by atoms with Crippen molar-refractivity contribution in [3.8, 4) is 0 Å². The fourth-order valence-corrected chi connectivity index (χ4v) is 4.84. The van der Waals surface area contributed by atoms with Crippen LogP contribution in [0.1, 0.15) is 111 Å². The van der Waals surface area contributed by atoms with Gasteiger partial charge in [-0.25, -0.2) is 9.59 Å². The smallest absolute Gasteiger partial charge is 0.408 e. The number of ether oxygens (including phenoxy) is 2. The first-order valence-electron chi connectivity index (χ1n) is 12.0. The number of esters is 1. The van der Waals surface area contributed by atoms with Gasteiger partial charge in [0.15, 0.2) is 0 Å². The summed E-state index contributed by atoms with van der Waals surface area (Å²) in [5.41, 5.74) is -2.76. The maximum absolute atomic E-state index is 13.8. The van der Waals surface area contributed by atoms with E-state index in [4.69, 9.17) is 9.47 Å². The maximum atomic E-state index is 13.8. The summed E-state index contributed by atoms with van der Waals surface area (Å²) in [6.45, 7) is 5.41. The largest absolute Gasteiger partial charge is 0.467 e. The molecule has 2 fully saturated rings. The van der Waals surface area contributed by atoms with E-state index in [1.807, 2.05) is 0 Å². The second-order valence-corrected chi connectivity index (χ2v) is 10.3. The number of methoxy groups -OCH3 is 1. The van der Waals surface area contributed by atoms with Crippen LogP contribution in [0, 0.1) is 0 Å². The first kappa shape index (κ1) is 25.5. The Hall–Kier alpha value is -1.79. The fraction of sp³-hybridized carbons (Fsp3) is 0.875. The molecule has 2 amide bonds. The number of carbonyl (C=O) groups excluding carboxylic acids is 3. The molecule has 0 saturated heterocycles. The van der Waals surface area contributed by atoms with Crippen LogP contribution in [0.25, 0.3) is 0 Å². The van der Waals surface area contributed by atoms with Crippen LogP contribution >= 0.6 is 0 Å². The highest BCUT2D eigenvalue weighted by Gasteiger charge is 2.47. The highest BCUT2D eigenvalue weighted by molar-refractivity contribution is 5.94. The van der Waals surface area contributed by atoms with Gasteiger partial charge in [0.1, 0.15) is 16.7 Å². The van der Waals surface area contributed by atoms with Crippen molar-refractivity contribution in [2.24, 2.45) is 0 Å². The van der Waals surface area contributed by atoms with Crippen LogP contribution in [-0.4, -0.2) is 41.8 Å². The number of hydrogen-bond donors (Lipinski definition) is 2. The SMILES string of the molecule is COC(=O)C1(NC(=O)C2(NC(=O)OC(C)(C)C)CCCCCCC2)CCCCCCC1. The zero-order chi connectivity index (χ0) is 23.0. The molecule has 0 aromatic rings. The summed E-state index contributed by atoms with van der Waals surface area (Å²) in [5.74, 6) is -0.674. The Morgan fingerprint density at radius 2 is 1.10 bits per heavy atom. The fourth-order valence-electron chi connectivity index (χ4n) is 4.84. The van der Waals surface area contributed by atoms with Crippen LogP contribution in [-0.2, 0) is 19.1 Å². The van der Waals surface area contributed by atoms with Crippen molar-refractivity contribution in [2.45, 2.75) is 127 Å². The van der Waals surface area contributed by atoms with Crippen molar-refractivity contribution >= 4 is 18.0 Å². The summed E-state index contributed by atoms with van der Waals surface area (Å²) in [7, 11) is 1.37. The molecule has 0 aromatic heterocycles. The van der Waals surface area contributed by atoms with Crippen molar-refractivity contribution in [3.63, 3.8) is 0 Å². The first-order chi connectivity index (χ1) is 14.6. The predicted molar refractivity (Wildman–Crippen MR) is 120 cm³/mol. The van der Waals surface area contributed by atoms with Crippen LogP contribution < -0.4 is 10.6 Å². The molecule has 0 radical (unpaired) electrons. The lowest BCUT2D eigenvalue weighted by molar-refractivity contribution is -0.153. The molecule has 7 nitrogen and oxygen atoms in total. The van der Waals surface area contributed by atoms with E-state index in [2.05, 4.69) is 10.6 Å². The van der Waals surface area contributed by atoms with Gasteiger partial charge in [-0.15, -0.1) is 0 Å². The summed E-state index contributed by atoms with van der Waals surface area (Å²) in [6.07, 6.45) is 11.4. The van der Waals surface area contributed by atoms with Crippen LogP contribution in [0.3, 0.4) is 0 Å². The van der Waals surface area contributed by atoms with Gasteiger partial charge in [-0.2, -0.15) is 0 Å². The molecule has 2 rings (SSSR count). The minimum atomic E-state index is -1.08. The van der Waals surface area contributed by atoms with Gasteiger partial charge in [-0.1, -0.05) is 64.2 Å². The normalized spacial score (nSPS) is 21.9. The Labute approximate surface area is 187 Å². The molecule has 2 aliphatic carbocycles. The average molecular weight is 439 g/mol. The van der Waals surface area contributed by atoms with Gasteiger partial charge >= 0.3 is 12.1 Å². The maximum Gasteiger partial charge on any atom is 0.408 e. The Morgan fingerprint density at radius 1 is 0.677 bits per heavy atom. The number of alkyl carbamates (subject to hydrolysis) is 1. The summed E-state index contributed by atoms with van der Waals surface area (Å²) in [4.78, 5) is 39.3. The Kier molecular flexibility index (Phi) is 9.19. The third-order valence-corrected chi connectivity index (χ3v) is 6.52. The highest BCUT2D eigenvalue weighted by atomic mass is 16.6. The minimum Gasteiger partial charge on any atom is -0.467 e. The van der Waals surface area contributed by atoms with Gasteiger partial charge in [0.2, 0.25) is 5.91 Å². The monoisotopic (exact) mass is 438 g/mol. The molecule has 0 aromatic carbocycles. The molecule has 31 heavy (non-hydrogen) atoms. The van der Waals surface area contributed by atoms with E-state index in [0.717, 1.165) is 64.2 Å². The molecule has 2 saturated carbocycles. The number of amides is 2. The lowest BCUT2D eigenvalue weighted by Crippen LogP contribution is -2.66. The van der Waals surface area contributed by atoms with Crippen LogP contribution in [0.5, 0.6) is 0 Å². The molecule has 0 aliphatic heterocycles. The lowest BCUT2D eigenvalue weighted by atomic mass is 9.79. The molecule has 7 heteroatoms. The van der Waals surface area contributed by atoms with E-state index in [1.165, 1.54) is 7.11 Å². The third-order valence-electron chi connectivity index (χ3n) is 6.52. The molecule has 0 unspecified atom stereocenters. The molecule has 0 spiro atoms. The molecule has 0 atom stereocenters. The highest BCUT2D eigenvalue weighted by Crippen LogP contribution is 2.32. The van der Waals surface area contributed by atoms with E-state index in [-0.39, 0.29) is 11.9 Å². The average Bonchev–Trinajstić information content (AvgIpc) is 2.64.